The van der Waals surface area contributed by atoms with Crippen LogP contribution in [-0.2, 0) is 4.79 Å². The van der Waals surface area contributed by atoms with E-state index in [0.29, 0.717) is 11.7 Å². The topological polar surface area (TPSA) is 77.0 Å². The molecule has 0 atom stereocenters. The van der Waals surface area contributed by atoms with E-state index in [0.717, 1.165) is 31.2 Å². The number of thiazole rings is 1. The summed E-state index contributed by atoms with van der Waals surface area (Å²) in [5.41, 5.74) is 2.03. The van der Waals surface area contributed by atoms with E-state index in [9.17, 15) is 4.79 Å². The molecular formula is C19H18N4O2S3. The van der Waals surface area contributed by atoms with Gasteiger partial charge in [-0.05, 0) is 44.5 Å². The zero-order valence-corrected chi connectivity index (χ0v) is 18.1. The molecule has 0 aliphatic carbocycles. The highest BCUT2D eigenvalue weighted by molar-refractivity contribution is 8.00. The van der Waals surface area contributed by atoms with E-state index >= 15 is 0 Å². The number of anilines is 1. The summed E-state index contributed by atoms with van der Waals surface area (Å²) in [7, 11) is 0. The van der Waals surface area contributed by atoms with Crippen LogP contribution >= 0.6 is 34.4 Å². The minimum absolute atomic E-state index is 0.106. The zero-order chi connectivity index (χ0) is 19.7. The Labute approximate surface area is 174 Å². The molecule has 6 nitrogen and oxygen atoms in total. The van der Waals surface area contributed by atoms with E-state index in [1.54, 1.807) is 17.7 Å². The monoisotopic (exact) mass is 430 g/mol. The molecule has 3 heterocycles. The quantitative estimate of drug-likeness (QED) is 0.341. The van der Waals surface area contributed by atoms with E-state index in [1.165, 1.54) is 33.5 Å². The third-order valence-electron chi connectivity index (χ3n) is 4.19. The van der Waals surface area contributed by atoms with Crippen LogP contribution < -0.4 is 10.1 Å². The molecule has 0 unspecified atom stereocenters. The van der Waals surface area contributed by atoms with Crippen molar-refractivity contribution in [1.29, 1.82) is 0 Å². The van der Waals surface area contributed by atoms with Crippen molar-refractivity contribution in [2.75, 3.05) is 17.7 Å². The van der Waals surface area contributed by atoms with Crippen molar-refractivity contribution >= 4 is 65.9 Å². The van der Waals surface area contributed by atoms with E-state index in [4.69, 9.17) is 4.74 Å². The second-order valence-corrected chi connectivity index (χ2v) is 9.26. The van der Waals surface area contributed by atoms with Crippen LogP contribution in [0.25, 0.3) is 20.4 Å². The number of hydrogen-bond donors (Lipinski definition) is 1. The van der Waals surface area contributed by atoms with Gasteiger partial charge in [-0.3, -0.25) is 4.79 Å². The van der Waals surface area contributed by atoms with E-state index in [-0.39, 0.29) is 11.7 Å². The highest BCUT2D eigenvalue weighted by Gasteiger charge is 2.14. The highest BCUT2D eigenvalue weighted by atomic mass is 32.2. The maximum absolute atomic E-state index is 12.4. The molecule has 1 amide bonds. The first-order valence-electron chi connectivity index (χ1n) is 8.72. The summed E-state index contributed by atoms with van der Waals surface area (Å²) in [4.78, 5) is 27.8. The molecule has 28 heavy (non-hydrogen) atoms. The molecule has 0 aliphatic heterocycles. The summed E-state index contributed by atoms with van der Waals surface area (Å²) in [6, 6.07) is 5.74. The van der Waals surface area contributed by atoms with Crippen LogP contribution in [0.4, 0.5) is 5.13 Å². The Kier molecular flexibility index (Phi) is 5.47. The van der Waals surface area contributed by atoms with Crippen LogP contribution in [-0.4, -0.2) is 33.2 Å². The Balaban J connectivity index is 1.46. The SMILES string of the molecule is CCOc1ccc2nc(NC(=O)CSc3ncnc4sc(C)c(C)c34)sc2c1. The lowest BCUT2D eigenvalue weighted by atomic mass is 10.2. The van der Waals surface area contributed by atoms with Crippen molar-refractivity contribution in [3.63, 3.8) is 0 Å². The number of aryl methyl sites for hydroxylation is 2. The number of amides is 1. The molecule has 9 heteroatoms. The first-order chi connectivity index (χ1) is 13.5. The molecule has 0 fully saturated rings. The van der Waals surface area contributed by atoms with E-state index in [2.05, 4.69) is 34.1 Å². The fraction of sp³-hybridized carbons (Fsp3) is 0.263. The van der Waals surface area contributed by atoms with Gasteiger partial charge in [0.2, 0.25) is 5.91 Å². The Morgan fingerprint density at radius 2 is 2.11 bits per heavy atom. The number of nitrogens with one attached hydrogen (secondary N) is 1. The maximum Gasteiger partial charge on any atom is 0.236 e. The van der Waals surface area contributed by atoms with Crippen molar-refractivity contribution in [3.8, 4) is 5.75 Å². The third-order valence-corrected chi connectivity index (χ3v) is 7.23. The Morgan fingerprint density at radius 1 is 1.25 bits per heavy atom. The van der Waals surface area contributed by atoms with Gasteiger partial charge in [0.15, 0.2) is 5.13 Å². The van der Waals surface area contributed by atoms with E-state index < -0.39 is 0 Å². The van der Waals surface area contributed by atoms with Gasteiger partial charge >= 0.3 is 0 Å². The fourth-order valence-electron chi connectivity index (χ4n) is 2.76. The van der Waals surface area contributed by atoms with Crippen molar-refractivity contribution in [2.45, 2.75) is 25.8 Å². The number of benzene rings is 1. The summed E-state index contributed by atoms with van der Waals surface area (Å²) in [6.07, 6.45) is 1.56. The normalized spacial score (nSPS) is 11.2. The number of fused-ring (bicyclic) bond motifs is 2. The molecule has 1 aromatic carbocycles. The van der Waals surface area contributed by atoms with Gasteiger partial charge in [0.1, 0.15) is 21.9 Å². The lowest BCUT2D eigenvalue weighted by Gasteiger charge is -2.03. The van der Waals surface area contributed by atoms with Crippen LogP contribution in [0.3, 0.4) is 0 Å². The van der Waals surface area contributed by atoms with Gasteiger partial charge in [-0.15, -0.1) is 11.3 Å². The molecule has 4 aromatic rings. The summed E-state index contributed by atoms with van der Waals surface area (Å²) in [5, 5.41) is 5.36. The standard InChI is InChI=1S/C19H18N4O2S3/c1-4-25-12-5-6-13-14(7-12)28-19(22-13)23-15(24)8-26-17-16-10(2)11(3)27-18(16)21-9-20-17/h5-7,9H,4,8H2,1-3H3,(H,22,23,24). The summed E-state index contributed by atoms with van der Waals surface area (Å²) in [6.45, 7) is 6.71. The highest BCUT2D eigenvalue weighted by Crippen LogP contribution is 2.34. The van der Waals surface area contributed by atoms with Gasteiger partial charge in [0, 0.05) is 10.3 Å². The number of aromatic nitrogens is 3. The second kappa shape index (κ2) is 8.02. The van der Waals surface area contributed by atoms with Crippen molar-refractivity contribution < 1.29 is 9.53 Å². The Bertz CT molecular complexity index is 1170. The van der Waals surface area contributed by atoms with Gasteiger partial charge in [0.05, 0.1) is 22.6 Å². The van der Waals surface area contributed by atoms with E-state index in [1.807, 2.05) is 25.1 Å². The molecule has 4 rings (SSSR count). The summed E-state index contributed by atoms with van der Waals surface area (Å²) in [5.74, 6) is 0.965. The molecule has 1 N–H and O–H groups in total. The number of carbonyl (C=O) groups is 1. The first kappa shape index (κ1) is 19.1. The molecule has 0 radical (unpaired) electrons. The molecule has 3 aromatic heterocycles. The first-order valence-corrected chi connectivity index (χ1v) is 11.3. The van der Waals surface area contributed by atoms with Gasteiger partial charge in [-0.1, -0.05) is 23.1 Å². The van der Waals surface area contributed by atoms with Crippen LogP contribution in [0.2, 0.25) is 0 Å². The van der Waals surface area contributed by atoms with Crippen LogP contribution in [0.15, 0.2) is 29.6 Å². The smallest absolute Gasteiger partial charge is 0.236 e. The van der Waals surface area contributed by atoms with Crippen molar-refractivity contribution in [3.05, 3.63) is 35.0 Å². The Hall–Kier alpha value is -2.23. The van der Waals surface area contributed by atoms with Crippen molar-refractivity contribution in [1.82, 2.24) is 15.0 Å². The molecule has 0 spiro atoms. The number of hydrogen-bond acceptors (Lipinski definition) is 8. The van der Waals surface area contributed by atoms with Gasteiger partial charge < -0.3 is 10.1 Å². The van der Waals surface area contributed by atoms with Gasteiger partial charge in [-0.2, -0.15) is 0 Å². The average Bonchev–Trinajstić information content (AvgIpc) is 3.20. The molecule has 0 saturated carbocycles. The number of carbonyl (C=O) groups excluding carboxylic acids is 1. The summed E-state index contributed by atoms with van der Waals surface area (Å²) < 4.78 is 6.50. The number of nitrogens with zero attached hydrogens (tertiary/aromatic N) is 3. The average molecular weight is 431 g/mol. The minimum atomic E-state index is -0.106. The number of ether oxygens (including phenoxy) is 1. The van der Waals surface area contributed by atoms with Crippen LogP contribution in [0.1, 0.15) is 17.4 Å². The number of thiophene rings is 1. The van der Waals surface area contributed by atoms with Gasteiger partial charge in [0.25, 0.3) is 0 Å². The minimum Gasteiger partial charge on any atom is -0.494 e. The molecule has 0 aliphatic rings. The lowest BCUT2D eigenvalue weighted by Crippen LogP contribution is -2.13. The molecule has 0 saturated heterocycles. The largest absolute Gasteiger partial charge is 0.494 e. The molecular weight excluding hydrogens is 412 g/mol. The number of rotatable bonds is 6. The summed E-state index contributed by atoms with van der Waals surface area (Å²) >= 11 is 4.51. The Morgan fingerprint density at radius 3 is 2.93 bits per heavy atom. The van der Waals surface area contributed by atoms with Gasteiger partial charge in [-0.25, -0.2) is 15.0 Å². The molecule has 0 bridgehead atoms. The van der Waals surface area contributed by atoms with Crippen molar-refractivity contribution in [2.24, 2.45) is 0 Å². The third kappa shape index (κ3) is 3.82. The predicted molar refractivity (Wildman–Crippen MR) is 117 cm³/mol. The fourth-order valence-corrected chi connectivity index (χ4v) is 5.59. The predicted octanol–water partition coefficient (Wildman–Crippen LogP) is 5.05. The zero-order valence-electron chi connectivity index (χ0n) is 15.6. The maximum atomic E-state index is 12.4. The van der Waals surface area contributed by atoms with Crippen LogP contribution in [0.5, 0.6) is 5.75 Å². The number of thioether (sulfide) groups is 1. The molecule has 144 valence electrons. The van der Waals surface area contributed by atoms with Crippen LogP contribution in [0, 0.1) is 13.8 Å². The lowest BCUT2D eigenvalue weighted by molar-refractivity contribution is -0.113. The second-order valence-electron chi connectivity index (χ2n) is 6.06.